The Morgan fingerprint density at radius 3 is 1.92 bits per heavy atom. The molecule has 0 bridgehead atoms. The van der Waals surface area contributed by atoms with Crippen LogP contribution >= 0.6 is 0 Å². The van der Waals surface area contributed by atoms with Crippen LogP contribution in [0, 0.1) is 0 Å². The van der Waals surface area contributed by atoms with Crippen LogP contribution in [0.15, 0.2) is 24.3 Å². The van der Waals surface area contributed by atoms with Crippen LogP contribution < -0.4 is 0 Å². The molecule has 1 aromatic carbocycles. The van der Waals surface area contributed by atoms with E-state index in [0.29, 0.717) is 5.92 Å². The van der Waals surface area contributed by atoms with Crippen LogP contribution in [0.3, 0.4) is 0 Å². The Labute approximate surface area is 74.4 Å². The van der Waals surface area contributed by atoms with E-state index in [-0.39, 0.29) is 0 Å². The predicted octanol–water partition coefficient (Wildman–Crippen LogP) is 3.58. The van der Waals surface area contributed by atoms with E-state index in [9.17, 15) is 13.2 Å². The van der Waals surface area contributed by atoms with Crippen molar-refractivity contribution in [3.63, 3.8) is 0 Å². The van der Waals surface area contributed by atoms with Gasteiger partial charge in [0.25, 0.3) is 0 Å². The van der Waals surface area contributed by atoms with Crippen LogP contribution in [-0.4, -0.2) is 0 Å². The van der Waals surface area contributed by atoms with Gasteiger partial charge in [-0.25, -0.2) is 0 Å². The zero-order valence-corrected chi connectivity index (χ0v) is 6.93. The number of halogens is 3. The summed E-state index contributed by atoms with van der Waals surface area (Å²) in [5.41, 5.74) is 0.477. The lowest BCUT2D eigenvalue weighted by atomic mass is 10.1. The van der Waals surface area contributed by atoms with Crippen LogP contribution in [0.2, 0.25) is 0 Å². The number of rotatable bonds is 1. The third-order valence-corrected chi connectivity index (χ3v) is 2.29. The second kappa shape index (κ2) is 2.76. The van der Waals surface area contributed by atoms with E-state index in [4.69, 9.17) is 0 Å². The van der Waals surface area contributed by atoms with Gasteiger partial charge in [-0.2, -0.15) is 13.2 Å². The monoisotopic (exact) mass is 186 g/mol. The van der Waals surface area contributed by atoms with Crippen molar-refractivity contribution < 1.29 is 13.2 Å². The molecule has 0 heterocycles. The number of alkyl halides is 3. The van der Waals surface area contributed by atoms with E-state index in [1.54, 1.807) is 12.1 Å². The van der Waals surface area contributed by atoms with E-state index in [2.05, 4.69) is 0 Å². The van der Waals surface area contributed by atoms with Crippen LogP contribution in [0.4, 0.5) is 13.2 Å². The molecule has 0 unspecified atom stereocenters. The van der Waals surface area contributed by atoms with Gasteiger partial charge in [0.2, 0.25) is 0 Å². The molecule has 0 atom stereocenters. The summed E-state index contributed by atoms with van der Waals surface area (Å²) in [6.07, 6.45) is -1.97. The first kappa shape index (κ1) is 8.60. The molecular weight excluding hydrogens is 177 g/mol. The lowest BCUT2D eigenvalue weighted by Gasteiger charge is -2.06. The van der Waals surface area contributed by atoms with Gasteiger partial charge in [-0.05, 0) is 36.5 Å². The first-order valence-electron chi connectivity index (χ1n) is 4.24. The molecule has 1 aliphatic carbocycles. The summed E-state index contributed by atoms with van der Waals surface area (Å²) in [7, 11) is 0. The molecule has 0 saturated heterocycles. The molecule has 13 heavy (non-hydrogen) atoms. The smallest absolute Gasteiger partial charge is 0.166 e. The summed E-state index contributed by atoms with van der Waals surface area (Å²) in [6.45, 7) is 0. The normalized spacial score (nSPS) is 17.5. The minimum Gasteiger partial charge on any atom is -0.166 e. The SMILES string of the molecule is FC(F)(F)c1ccc(C2CC2)cc1. The largest absolute Gasteiger partial charge is 0.416 e. The molecular formula is C10H9F3. The average Bonchev–Trinajstić information content (AvgIpc) is 2.85. The van der Waals surface area contributed by atoms with E-state index < -0.39 is 11.7 Å². The number of hydrogen-bond donors (Lipinski definition) is 0. The second-order valence-corrected chi connectivity index (χ2v) is 3.39. The fourth-order valence-corrected chi connectivity index (χ4v) is 1.36. The Morgan fingerprint density at radius 2 is 1.54 bits per heavy atom. The van der Waals surface area contributed by atoms with E-state index in [0.717, 1.165) is 30.5 Å². The Balaban J connectivity index is 2.22. The molecule has 0 radical (unpaired) electrons. The summed E-state index contributed by atoms with van der Waals surface area (Å²) in [4.78, 5) is 0. The van der Waals surface area contributed by atoms with Gasteiger partial charge in [0.05, 0.1) is 5.56 Å². The van der Waals surface area contributed by atoms with Crippen molar-refractivity contribution in [1.29, 1.82) is 0 Å². The molecule has 1 aromatic rings. The van der Waals surface area contributed by atoms with Crippen LogP contribution in [0.5, 0.6) is 0 Å². The minimum absolute atomic E-state index is 0.516. The quantitative estimate of drug-likeness (QED) is 0.628. The highest BCUT2D eigenvalue weighted by Gasteiger charge is 2.31. The van der Waals surface area contributed by atoms with Crippen molar-refractivity contribution in [1.82, 2.24) is 0 Å². The number of hydrogen-bond acceptors (Lipinski definition) is 0. The van der Waals surface area contributed by atoms with Gasteiger partial charge in [0.15, 0.2) is 0 Å². The molecule has 1 fully saturated rings. The highest BCUT2D eigenvalue weighted by molar-refractivity contribution is 5.29. The van der Waals surface area contributed by atoms with Crippen molar-refractivity contribution in [3.05, 3.63) is 35.4 Å². The fourth-order valence-electron chi connectivity index (χ4n) is 1.36. The van der Waals surface area contributed by atoms with Gasteiger partial charge in [-0.1, -0.05) is 12.1 Å². The van der Waals surface area contributed by atoms with Crippen LogP contribution in [0.25, 0.3) is 0 Å². The Kier molecular flexibility index (Phi) is 1.82. The lowest BCUT2D eigenvalue weighted by molar-refractivity contribution is -0.137. The van der Waals surface area contributed by atoms with E-state index in [1.807, 2.05) is 0 Å². The Bertz CT molecular complexity index is 293. The minimum atomic E-state index is -4.21. The summed E-state index contributed by atoms with van der Waals surface area (Å²) < 4.78 is 36.4. The van der Waals surface area contributed by atoms with E-state index >= 15 is 0 Å². The molecule has 0 amide bonds. The molecule has 0 nitrogen and oxygen atoms in total. The molecule has 0 aliphatic heterocycles. The topological polar surface area (TPSA) is 0 Å². The van der Waals surface area contributed by atoms with E-state index in [1.165, 1.54) is 0 Å². The van der Waals surface area contributed by atoms with Crippen molar-refractivity contribution in [2.24, 2.45) is 0 Å². The third kappa shape index (κ3) is 1.85. The van der Waals surface area contributed by atoms with Gasteiger partial charge in [0.1, 0.15) is 0 Å². The van der Waals surface area contributed by atoms with Gasteiger partial charge in [0, 0.05) is 0 Å². The van der Waals surface area contributed by atoms with Gasteiger partial charge in [-0.3, -0.25) is 0 Å². The summed E-state index contributed by atoms with van der Waals surface area (Å²) in [5, 5.41) is 0. The molecule has 0 N–H and O–H groups in total. The molecule has 3 heteroatoms. The van der Waals surface area contributed by atoms with Gasteiger partial charge >= 0.3 is 6.18 Å². The maximum atomic E-state index is 12.1. The van der Waals surface area contributed by atoms with Crippen LogP contribution in [0.1, 0.15) is 29.9 Å². The molecule has 70 valence electrons. The molecule has 1 saturated carbocycles. The molecule has 1 aliphatic rings. The van der Waals surface area contributed by atoms with Gasteiger partial charge in [-0.15, -0.1) is 0 Å². The Morgan fingerprint density at radius 1 is 1.00 bits per heavy atom. The highest BCUT2D eigenvalue weighted by atomic mass is 19.4. The zero-order valence-electron chi connectivity index (χ0n) is 6.93. The summed E-state index contributed by atoms with van der Waals surface area (Å²) >= 11 is 0. The summed E-state index contributed by atoms with van der Waals surface area (Å²) in [5.74, 6) is 0.516. The molecule has 0 aromatic heterocycles. The Hall–Kier alpha value is -0.990. The molecule has 2 rings (SSSR count). The summed E-state index contributed by atoms with van der Waals surface area (Å²) in [6, 6.07) is 5.49. The number of benzene rings is 1. The van der Waals surface area contributed by atoms with Crippen molar-refractivity contribution in [2.45, 2.75) is 24.9 Å². The lowest BCUT2D eigenvalue weighted by Crippen LogP contribution is -2.04. The highest BCUT2D eigenvalue weighted by Crippen LogP contribution is 2.40. The maximum Gasteiger partial charge on any atom is 0.416 e. The molecule has 0 spiro atoms. The second-order valence-electron chi connectivity index (χ2n) is 3.39. The fraction of sp³-hybridized carbons (Fsp3) is 0.400. The van der Waals surface area contributed by atoms with Crippen molar-refractivity contribution in [3.8, 4) is 0 Å². The third-order valence-electron chi connectivity index (χ3n) is 2.29. The average molecular weight is 186 g/mol. The zero-order chi connectivity index (χ0) is 9.47. The maximum absolute atomic E-state index is 12.1. The first-order valence-corrected chi connectivity index (χ1v) is 4.24. The van der Waals surface area contributed by atoms with Crippen molar-refractivity contribution >= 4 is 0 Å². The predicted molar refractivity (Wildman–Crippen MR) is 43.4 cm³/mol. The standard InChI is InChI=1S/C10H9F3/c11-10(12,13)9-5-3-8(4-6-9)7-1-2-7/h3-7H,1-2H2. The van der Waals surface area contributed by atoms with Crippen LogP contribution in [-0.2, 0) is 6.18 Å². The van der Waals surface area contributed by atoms with Crippen molar-refractivity contribution in [2.75, 3.05) is 0 Å². The first-order chi connectivity index (χ1) is 6.07. The van der Waals surface area contributed by atoms with Gasteiger partial charge < -0.3 is 0 Å².